The molecule has 1 fully saturated rings. The molecule has 1 aliphatic heterocycles. The molecule has 0 bridgehead atoms. The molecule has 1 aromatic rings. The van der Waals surface area contributed by atoms with Gasteiger partial charge in [0.25, 0.3) is 0 Å². The van der Waals surface area contributed by atoms with Crippen molar-refractivity contribution >= 4 is 15.7 Å². The first-order valence-electron chi connectivity index (χ1n) is 6.78. The van der Waals surface area contributed by atoms with Crippen molar-refractivity contribution in [3.8, 4) is 0 Å². The topological polar surface area (TPSA) is 49.4 Å². The predicted molar refractivity (Wildman–Crippen MR) is 78.9 cm³/mol. The van der Waals surface area contributed by atoms with E-state index >= 15 is 0 Å². The van der Waals surface area contributed by atoms with Crippen LogP contribution in [0.2, 0.25) is 0 Å². The molecule has 0 aliphatic carbocycles. The fourth-order valence-corrected chi connectivity index (χ4v) is 3.29. The minimum atomic E-state index is -3.16. The Bertz CT molecular complexity index is 505. The fourth-order valence-electron chi connectivity index (χ4n) is 2.52. The Morgan fingerprint density at radius 2 is 1.68 bits per heavy atom. The maximum absolute atomic E-state index is 11.2. The smallest absolute Gasteiger partial charge is 0.209 e. The first-order chi connectivity index (χ1) is 8.96. The number of benzene rings is 1. The number of hydrogen-bond donors (Lipinski definition) is 1. The molecular formula is C14H22N2O2S. The molecule has 1 aromatic carbocycles. The Kier molecular flexibility index (Phi) is 4.47. The maximum Gasteiger partial charge on any atom is 0.209 e. The molecule has 0 aromatic heterocycles. The molecular weight excluding hydrogens is 260 g/mol. The van der Waals surface area contributed by atoms with Crippen molar-refractivity contribution < 1.29 is 8.42 Å². The van der Waals surface area contributed by atoms with Gasteiger partial charge in [0.1, 0.15) is 0 Å². The van der Waals surface area contributed by atoms with Gasteiger partial charge in [0.2, 0.25) is 10.0 Å². The number of rotatable bonds is 4. The fraction of sp³-hybridized carbons (Fsp3) is 0.571. The maximum atomic E-state index is 11.2. The molecule has 1 atom stereocenters. The van der Waals surface area contributed by atoms with Crippen molar-refractivity contribution in [2.24, 2.45) is 0 Å². The van der Waals surface area contributed by atoms with Crippen LogP contribution in [0.15, 0.2) is 24.3 Å². The van der Waals surface area contributed by atoms with Gasteiger partial charge in [0.05, 0.1) is 6.26 Å². The van der Waals surface area contributed by atoms with Crippen LogP contribution >= 0.6 is 0 Å². The lowest BCUT2D eigenvalue weighted by molar-refractivity contribution is 0.572. The van der Waals surface area contributed by atoms with E-state index < -0.39 is 10.0 Å². The van der Waals surface area contributed by atoms with E-state index in [1.54, 1.807) is 0 Å². The van der Waals surface area contributed by atoms with E-state index in [0.29, 0.717) is 0 Å². The summed E-state index contributed by atoms with van der Waals surface area (Å²) in [5, 5.41) is 0. The average Bonchev–Trinajstić information content (AvgIpc) is 2.38. The van der Waals surface area contributed by atoms with Crippen molar-refractivity contribution in [3.05, 3.63) is 29.8 Å². The molecule has 1 heterocycles. The van der Waals surface area contributed by atoms with E-state index in [1.165, 1.54) is 31.2 Å². The summed E-state index contributed by atoms with van der Waals surface area (Å²) >= 11 is 0. The molecule has 1 aliphatic rings. The normalized spacial score (nSPS) is 18.3. The van der Waals surface area contributed by atoms with E-state index in [1.807, 2.05) is 19.1 Å². The predicted octanol–water partition coefficient (Wildman–Crippen LogP) is 2.29. The second-order valence-corrected chi connectivity index (χ2v) is 7.03. The van der Waals surface area contributed by atoms with Gasteiger partial charge in [-0.15, -0.1) is 0 Å². The van der Waals surface area contributed by atoms with E-state index in [-0.39, 0.29) is 6.04 Å². The summed E-state index contributed by atoms with van der Waals surface area (Å²) in [4.78, 5) is 2.39. The van der Waals surface area contributed by atoms with Gasteiger partial charge in [-0.2, -0.15) is 0 Å². The molecule has 0 spiro atoms. The summed E-state index contributed by atoms with van der Waals surface area (Å²) in [6, 6.07) is 7.99. The molecule has 1 unspecified atom stereocenters. The van der Waals surface area contributed by atoms with Crippen molar-refractivity contribution in [2.45, 2.75) is 32.2 Å². The van der Waals surface area contributed by atoms with E-state index in [4.69, 9.17) is 0 Å². The number of anilines is 1. The summed E-state index contributed by atoms with van der Waals surface area (Å²) in [5.74, 6) is 0. The van der Waals surface area contributed by atoms with Crippen LogP contribution in [-0.4, -0.2) is 27.8 Å². The van der Waals surface area contributed by atoms with Gasteiger partial charge >= 0.3 is 0 Å². The summed E-state index contributed by atoms with van der Waals surface area (Å²) in [7, 11) is -3.16. The number of nitrogens with one attached hydrogen (secondary N) is 1. The molecule has 0 saturated carbocycles. The van der Waals surface area contributed by atoms with Crippen molar-refractivity contribution in [2.75, 3.05) is 24.2 Å². The van der Waals surface area contributed by atoms with E-state index in [9.17, 15) is 8.42 Å². The SMILES string of the molecule is CC(NS(C)(=O)=O)c1ccc(N2CCCCC2)cc1. The Morgan fingerprint density at radius 1 is 1.11 bits per heavy atom. The summed E-state index contributed by atoms with van der Waals surface area (Å²) in [6.45, 7) is 4.10. The van der Waals surface area contributed by atoms with Gasteiger partial charge in [-0.3, -0.25) is 0 Å². The summed E-state index contributed by atoms with van der Waals surface area (Å²) in [6.07, 6.45) is 5.02. The van der Waals surface area contributed by atoms with Crippen LogP contribution in [0.4, 0.5) is 5.69 Å². The van der Waals surface area contributed by atoms with Crippen LogP contribution in [0.25, 0.3) is 0 Å². The third kappa shape index (κ3) is 4.21. The summed E-state index contributed by atoms with van der Waals surface area (Å²) in [5.41, 5.74) is 2.22. The number of hydrogen-bond acceptors (Lipinski definition) is 3. The minimum absolute atomic E-state index is 0.189. The molecule has 1 N–H and O–H groups in total. The van der Waals surface area contributed by atoms with E-state index in [2.05, 4.69) is 21.8 Å². The highest BCUT2D eigenvalue weighted by molar-refractivity contribution is 7.88. The molecule has 106 valence electrons. The number of piperidine rings is 1. The molecule has 2 rings (SSSR count). The third-order valence-electron chi connectivity index (χ3n) is 3.51. The second-order valence-electron chi connectivity index (χ2n) is 5.25. The largest absolute Gasteiger partial charge is 0.372 e. The average molecular weight is 282 g/mol. The van der Waals surface area contributed by atoms with Crippen molar-refractivity contribution in [1.29, 1.82) is 0 Å². The number of nitrogens with zero attached hydrogens (tertiary/aromatic N) is 1. The molecule has 0 radical (unpaired) electrons. The van der Waals surface area contributed by atoms with Crippen LogP contribution in [0.5, 0.6) is 0 Å². The Morgan fingerprint density at radius 3 is 2.21 bits per heavy atom. The lowest BCUT2D eigenvalue weighted by atomic mass is 10.1. The number of sulfonamides is 1. The van der Waals surface area contributed by atoms with Gasteiger partial charge in [0.15, 0.2) is 0 Å². The van der Waals surface area contributed by atoms with Crippen molar-refractivity contribution in [1.82, 2.24) is 4.72 Å². The first kappa shape index (κ1) is 14.3. The highest BCUT2D eigenvalue weighted by atomic mass is 32.2. The minimum Gasteiger partial charge on any atom is -0.372 e. The van der Waals surface area contributed by atoms with Crippen LogP contribution < -0.4 is 9.62 Å². The second kappa shape index (κ2) is 5.92. The molecule has 5 heteroatoms. The van der Waals surface area contributed by atoms with E-state index in [0.717, 1.165) is 18.7 Å². The monoisotopic (exact) mass is 282 g/mol. The lowest BCUT2D eigenvalue weighted by Gasteiger charge is -2.29. The van der Waals surface area contributed by atoms with Gasteiger partial charge in [-0.05, 0) is 43.9 Å². The van der Waals surface area contributed by atoms with Gasteiger partial charge in [-0.1, -0.05) is 12.1 Å². The van der Waals surface area contributed by atoms with Crippen LogP contribution in [0, 0.1) is 0 Å². The Balaban J connectivity index is 2.05. The molecule has 0 amide bonds. The van der Waals surface area contributed by atoms with Gasteiger partial charge < -0.3 is 4.90 Å². The molecule has 19 heavy (non-hydrogen) atoms. The standard InChI is InChI=1S/C14H22N2O2S/c1-12(15-19(2,17)18)13-6-8-14(9-7-13)16-10-4-3-5-11-16/h6-9,12,15H,3-5,10-11H2,1-2H3. The quantitative estimate of drug-likeness (QED) is 0.922. The Labute approximate surface area is 115 Å². The zero-order valence-electron chi connectivity index (χ0n) is 11.6. The molecule has 4 nitrogen and oxygen atoms in total. The van der Waals surface area contributed by atoms with Crippen LogP contribution in [0.1, 0.15) is 37.8 Å². The summed E-state index contributed by atoms with van der Waals surface area (Å²) < 4.78 is 25.0. The Hall–Kier alpha value is -1.07. The zero-order valence-corrected chi connectivity index (χ0v) is 12.4. The van der Waals surface area contributed by atoms with Crippen LogP contribution in [-0.2, 0) is 10.0 Å². The first-order valence-corrected chi connectivity index (χ1v) is 8.67. The van der Waals surface area contributed by atoms with Crippen molar-refractivity contribution in [3.63, 3.8) is 0 Å². The third-order valence-corrected chi connectivity index (χ3v) is 4.29. The van der Waals surface area contributed by atoms with Crippen LogP contribution in [0.3, 0.4) is 0 Å². The van der Waals surface area contributed by atoms with Gasteiger partial charge in [-0.25, -0.2) is 13.1 Å². The highest BCUT2D eigenvalue weighted by Gasteiger charge is 2.13. The highest BCUT2D eigenvalue weighted by Crippen LogP contribution is 2.22. The zero-order chi connectivity index (χ0) is 13.9. The lowest BCUT2D eigenvalue weighted by Crippen LogP contribution is -2.29. The molecule has 1 saturated heterocycles. The van der Waals surface area contributed by atoms with Gasteiger partial charge in [0, 0.05) is 24.8 Å².